The molecule has 0 aromatic rings. The SMILES string of the molecule is CCS/C(=C\C=O)CCC(F)F. The summed E-state index contributed by atoms with van der Waals surface area (Å²) in [5.74, 6) is 0.808. The number of carbonyl (C=O) groups is 1. The summed E-state index contributed by atoms with van der Waals surface area (Å²) in [6.07, 6.45) is -0.140. The van der Waals surface area contributed by atoms with E-state index < -0.39 is 6.43 Å². The van der Waals surface area contributed by atoms with Crippen LogP contribution in [0.1, 0.15) is 19.8 Å². The third-order valence-corrected chi connectivity index (χ3v) is 2.19. The monoisotopic (exact) mass is 194 g/mol. The van der Waals surface area contributed by atoms with Crippen LogP contribution in [0.4, 0.5) is 8.78 Å². The van der Waals surface area contributed by atoms with Gasteiger partial charge >= 0.3 is 0 Å². The van der Waals surface area contributed by atoms with Crippen molar-refractivity contribution in [3.63, 3.8) is 0 Å². The first-order chi connectivity index (χ1) is 5.70. The normalized spacial score (nSPS) is 12.2. The maximum absolute atomic E-state index is 11.8. The lowest BCUT2D eigenvalue weighted by atomic mass is 10.3. The van der Waals surface area contributed by atoms with Crippen LogP contribution in [-0.4, -0.2) is 18.5 Å². The Bertz CT molecular complexity index is 157. The highest BCUT2D eigenvalue weighted by atomic mass is 32.2. The minimum Gasteiger partial charge on any atom is -0.299 e. The lowest BCUT2D eigenvalue weighted by Crippen LogP contribution is -1.91. The molecule has 0 aliphatic rings. The van der Waals surface area contributed by atoms with Gasteiger partial charge in [0.05, 0.1) is 0 Å². The molecule has 0 saturated heterocycles. The molecule has 1 nitrogen and oxygen atoms in total. The van der Waals surface area contributed by atoms with Crippen molar-refractivity contribution in [2.45, 2.75) is 26.2 Å². The summed E-state index contributed by atoms with van der Waals surface area (Å²) < 4.78 is 23.5. The van der Waals surface area contributed by atoms with E-state index in [9.17, 15) is 13.6 Å². The summed E-state index contributed by atoms with van der Waals surface area (Å²) in [6, 6.07) is 0. The molecular weight excluding hydrogens is 182 g/mol. The molecule has 0 N–H and O–H groups in total. The molecule has 0 aromatic carbocycles. The van der Waals surface area contributed by atoms with Crippen LogP contribution in [0.5, 0.6) is 0 Å². The Morgan fingerprint density at radius 1 is 1.58 bits per heavy atom. The minimum atomic E-state index is -2.28. The van der Waals surface area contributed by atoms with Crippen molar-refractivity contribution in [3.05, 3.63) is 11.0 Å². The van der Waals surface area contributed by atoms with Gasteiger partial charge in [-0.2, -0.15) is 0 Å². The van der Waals surface area contributed by atoms with Crippen molar-refractivity contribution < 1.29 is 13.6 Å². The lowest BCUT2D eigenvalue weighted by molar-refractivity contribution is -0.104. The average molecular weight is 194 g/mol. The van der Waals surface area contributed by atoms with Gasteiger partial charge in [0.15, 0.2) is 0 Å². The number of alkyl halides is 2. The van der Waals surface area contributed by atoms with Gasteiger partial charge in [0.2, 0.25) is 6.43 Å². The molecular formula is C8H12F2OS. The number of halogens is 2. The van der Waals surface area contributed by atoms with Crippen molar-refractivity contribution in [1.82, 2.24) is 0 Å². The van der Waals surface area contributed by atoms with Gasteiger partial charge in [0, 0.05) is 6.42 Å². The lowest BCUT2D eigenvalue weighted by Gasteiger charge is -2.02. The molecule has 0 saturated carbocycles. The summed E-state index contributed by atoms with van der Waals surface area (Å²) in [4.78, 5) is 10.8. The number of hydrogen-bond donors (Lipinski definition) is 0. The van der Waals surface area contributed by atoms with Crippen LogP contribution >= 0.6 is 11.8 Å². The van der Waals surface area contributed by atoms with Crippen LogP contribution < -0.4 is 0 Å². The number of aldehydes is 1. The summed E-state index contributed by atoms with van der Waals surface area (Å²) in [6.45, 7) is 1.92. The molecule has 0 radical (unpaired) electrons. The molecule has 0 bridgehead atoms. The smallest absolute Gasteiger partial charge is 0.239 e. The molecule has 0 aliphatic carbocycles. The van der Waals surface area contributed by atoms with Crippen molar-refractivity contribution >= 4 is 18.0 Å². The molecule has 0 unspecified atom stereocenters. The van der Waals surface area contributed by atoms with Gasteiger partial charge in [-0.15, -0.1) is 11.8 Å². The predicted molar refractivity (Wildman–Crippen MR) is 47.5 cm³/mol. The molecule has 0 fully saturated rings. The van der Waals surface area contributed by atoms with Crippen LogP contribution in [0.3, 0.4) is 0 Å². The highest BCUT2D eigenvalue weighted by Gasteiger charge is 2.04. The summed E-state index contributed by atoms with van der Waals surface area (Å²) in [5, 5.41) is 0. The summed E-state index contributed by atoms with van der Waals surface area (Å²) >= 11 is 1.44. The first-order valence-corrected chi connectivity index (χ1v) is 4.74. The molecule has 12 heavy (non-hydrogen) atoms. The zero-order valence-electron chi connectivity index (χ0n) is 6.93. The van der Waals surface area contributed by atoms with Crippen LogP contribution in [0.2, 0.25) is 0 Å². The van der Waals surface area contributed by atoms with Crippen LogP contribution in [0.25, 0.3) is 0 Å². The predicted octanol–water partition coefficient (Wildman–Crippen LogP) is 2.87. The summed E-state index contributed by atoms with van der Waals surface area (Å²) in [5.41, 5.74) is 0. The van der Waals surface area contributed by atoms with Gasteiger partial charge in [-0.3, -0.25) is 4.79 Å². The Balaban J connectivity index is 3.79. The van der Waals surface area contributed by atoms with Gasteiger partial charge < -0.3 is 0 Å². The first kappa shape index (κ1) is 11.6. The standard InChI is InChI=1S/C8H12F2OS/c1-2-12-7(5-6-11)3-4-8(9)10/h5-6,8H,2-4H2,1H3/b7-5-. The Labute approximate surface area is 75.2 Å². The molecule has 0 rings (SSSR count). The third kappa shape index (κ3) is 6.34. The average Bonchev–Trinajstić information content (AvgIpc) is 2.01. The third-order valence-electron chi connectivity index (χ3n) is 1.19. The second-order valence-corrected chi connectivity index (χ2v) is 3.52. The van der Waals surface area contributed by atoms with Gasteiger partial charge in [0.1, 0.15) is 6.29 Å². The maximum atomic E-state index is 11.8. The largest absolute Gasteiger partial charge is 0.299 e. The van der Waals surface area contributed by atoms with Gasteiger partial charge in [-0.05, 0) is 23.2 Å². The van der Waals surface area contributed by atoms with E-state index in [2.05, 4.69) is 0 Å². The second kappa shape index (κ2) is 7.28. The quantitative estimate of drug-likeness (QED) is 0.477. The highest BCUT2D eigenvalue weighted by Crippen LogP contribution is 2.21. The summed E-state index contributed by atoms with van der Waals surface area (Å²) in [7, 11) is 0. The van der Waals surface area contributed by atoms with E-state index in [1.165, 1.54) is 17.8 Å². The Morgan fingerprint density at radius 2 is 2.25 bits per heavy atom. The Morgan fingerprint density at radius 3 is 2.67 bits per heavy atom. The first-order valence-electron chi connectivity index (χ1n) is 3.76. The van der Waals surface area contributed by atoms with Crippen LogP contribution in [-0.2, 0) is 4.79 Å². The topological polar surface area (TPSA) is 17.1 Å². The maximum Gasteiger partial charge on any atom is 0.239 e. The van der Waals surface area contributed by atoms with Crippen molar-refractivity contribution in [2.75, 3.05) is 5.75 Å². The Hall–Kier alpha value is -0.380. The molecule has 0 amide bonds. The number of thioether (sulfide) groups is 1. The molecule has 0 atom stereocenters. The number of rotatable bonds is 6. The molecule has 70 valence electrons. The molecule has 4 heteroatoms. The fourth-order valence-corrected chi connectivity index (χ4v) is 1.50. The number of allylic oxidation sites excluding steroid dienone is 2. The molecule has 0 heterocycles. The van der Waals surface area contributed by atoms with E-state index in [0.717, 1.165) is 10.7 Å². The van der Waals surface area contributed by atoms with Crippen LogP contribution in [0.15, 0.2) is 11.0 Å². The van der Waals surface area contributed by atoms with Crippen molar-refractivity contribution in [2.24, 2.45) is 0 Å². The Kier molecular flexibility index (Phi) is 7.05. The zero-order chi connectivity index (χ0) is 9.40. The fourth-order valence-electron chi connectivity index (χ4n) is 0.716. The van der Waals surface area contributed by atoms with Crippen LogP contribution in [0, 0.1) is 0 Å². The van der Waals surface area contributed by atoms with Crippen molar-refractivity contribution in [1.29, 1.82) is 0 Å². The number of carbonyl (C=O) groups excluding carboxylic acids is 1. The molecule has 0 aliphatic heterocycles. The minimum absolute atomic E-state index is 0.160. The van der Waals surface area contributed by atoms with E-state index in [1.807, 2.05) is 6.92 Å². The van der Waals surface area contributed by atoms with Gasteiger partial charge in [-0.25, -0.2) is 8.78 Å². The van der Waals surface area contributed by atoms with Gasteiger partial charge in [-0.1, -0.05) is 6.92 Å². The number of hydrogen-bond acceptors (Lipinski definition) is 2. The second-order valence-electron chi connectivity index (χ2n) is 2.13. The van der Waals surface area contributed by atoms with Crippen molar-refractivity contribution in [3.8, 4) is 0 Å². The zero-order valence-corrected chi connectivity index (χ0v) is 7.74. The van der Waals surface area contributed by atoms with E-state index in [-0.39, 0.29) is 6.42 Å². The molecule has 0 aromatic heterocycles. The highest BCUT2D eigenvalue weighted by molar-refractivity contribution is 8.03. The van der Waals surface area contributed by atoms with E-state index >= 15 is 0 Å². The van der Waals surface area contributed by atoms with E-state index in [0.29, 0.717) is 12.7 Å². The van der Waals surface area contributed by atoms with Gasteiger partial charge in [0.25, 0.3) is 0 Å². The van der Waals surface area contributed by atoms with E-state index in [1.54, 1.807) is 0 Å². The fraction of sp³-hybridized carbons (Fsp3) is 0.625. The van der Waals surface area contributed by atoms with E-state index in [4.69, 9.17) is 0 Å². The molecule has 0 spiro atoms.